The first-order valence-electron chi connectivity index (χ1n) is 9.71. The Morgan fingerprint density at radius 1 is 1.00 bits per heavy atom. The van der Waals surface area contributed by atoms with Gasteiger partial charge in [-0.2, -0.15) is 8.78 Å². The lowest BCUT2D eigenvalue weighted by atomic mass is 10.00. The van der Waals surface area contributed by atoms with Gasteiger partial charge in [0, 0.05) is 21.6 Å². The van der Waals surface area contributed by atoms with Gasteiger partial charge >= 0.3 is 0 Å². The van der Waals surface area contributed by atoms with Crippen LogP contribution in [0.25, 0.3) is 0 Å². The Morgan fingerprint density at radius 2 is 1.68 bits per heavy atom. The topological polar surface area (TPSA) is 42.0 Å². The summed E-state index contributed by atoms with van der Waals surface area (Å²) in [5.41, 5.74) is 3.61. The Balaban J connectivity index is 1.83. The van der Waals surface area contributed by atoms with E-state index in [0.29, 0.717) is 10.5 Å². The van der Waals surface area contributed by atoms with Crippen molar-refractivity contribution in [1.82, 2.24) is 10.3 Å². The van der Waals surface area contributed by atoms with E-state index in [0.717, 1.165) is 21.6 Å². The van der Waals surface area contributed by atoms with Crippen LogP contribution in [0.4, 0.5) is 8.78 Å². The molecule has 3 aromatic rings. The summed E-state index contributed by atoms with van der Waals surface area (Å²) in [7, 11) is 0. The molecule has 0 bridgehead atoms. The van der Waals surface area contributed by atoms with Crippen molar-refractivity contribution in [3.05, 3.63) is 87.2 Å². The maximum Gasteiger partial charge on any atom is 0.290 e. The Bertz CT molecular complexity index is 1130. The molecule has 2 aromatic carbocycles. The SMILES string of the molecule is Cc1ccc(C(F)(F)CNC(=O)c2cc(Cl)ncc2Sc2cc(C)ccc2C)c(C)c1. The lowest BCUT2D eigenvalue weighted by Gasteiger charge is -2.20. The van der Waals surface area contributed by atoms with E-state index in [4.69, 9.17) is 11.6 Å². The van der Waals surface area contributed by atoms with Crippen molar-refractivity contribution in [2.45, 2.75) is 43.4 Å². The van der Waals surface area contributed by atoms with Crippen molar-refractivity contribution < 1.29 is 13.6 Å². The van der Waals surface area contributed by atoms with Gasteiger partial charge in [0.1, 0.15) is 5.15 Å². The van der Waals surface area contributed by atoms with E-state index in [9.17, 15) is 13.6 Å². The van der Waals surface area contributed by atoms with Gasteiger partial charge < -0.3 is 5.32 Å². The molecule has 7 heteroatoms. The van der Waals surface area contributed by atoms with E-state index in [2.05, 4.69) is 10.3 Å². The molecule has 1 N–H and O–H groups in total. The molecule has 0 fully saturated rings. The standard InChI is InChI=1S/C24H23ClF2N2OS/c1-14-6-8-19(17(4)9-14)24(26,27)13-29-23(30)18-11-22(25)28-12-21(18)31-20-10-15(2)5-7-16(20)3/h5-12H,13H2,1-4H3,(H,29,30). The predicted molar refractivity (Wildman–Crippen MR) is 121 cm³/mol. The predicted octanol–water partition coefficient (Wildman–Crippen LogP) is 6.64. The van der Waals surface area contributed by atoms with Gasteiger partial charge in [-0.1, -0.05) is 59.3 Å². The molecule has 1 aromatic heterocycles. The van der Waals surface area contributed by atoms with Gasteiger partial charge in [-0.15, -0.1) is 0 Å². The van der Waals surface area contributed by atoms with Gasteiger partial charge in [0.25, 0.3) is 11.8 Å². The quantitative estimate of drug-likeness (QED) is 0.419. The number of halogens is 3. The van der Waals surface area contributed by atoms with Crippen LogP contribution in [-0.2, 0) is 5.92 Å². The number of nitrogens with one attached hydrogen (secondary N) is 1. The number of carbonyl (C=O) groups is 1. The van der Waals surface area contributed by atoms with Crippen LogP contribution < -0.4 is 5.32 Å². The van der Waals surface area contributed by atoms with Gasteiger partial charge in [-0.25, -0.2) is 4.98 Å². The molecule has 31 heavy (non-hydrogen) atoms. The summed E-state index contributed by atoms with van der Waals surface area (Å²) in [4.78, 5) is 18.4. The second-order valence-electron chi connectivity index (χ2n) is 7.58. The maximum absolute atomic E-state index is 14.8. The minimum Gasteiger partial charge on any atom is -0.346 e. The number of rotatable bonds is 6. The van der Waals surface area contributed by atoms with Gasteiger partial charge in [0.05, 0.1) is 12.1 Å². The average Bonchev–Trinajstić information content (AvgIpc) is 2.70. The van der Waals surface area contributed by atoms with E-state index in [1.807, 2.05) is 39.0 Å². The van der Waals surface area contributed by atoms with Crippen LogP contribution in [0.1, 0.15) is 38.2 Å². The Kier molecular flexibility index (Phi) is 7.02. The number of benzene rings is 2. The molecule has 0 unspecified atom stereocenters. The number of pyridine rings is 1. The van der Waals surface area contributed by atoms with Crippen LogP contribution in [0.5, 0.6) is 0 Å². The van der Waals surface area contributed by atoms with Crippen molar-refractivity contribution in [3.8, 4) is 0 Å². The first-order chi connectivity index (χ1) is 14.6. The van der Waals surface area contributed by atoms with E-state index in [1.165, 1.54) is 30.1 Å². The van der Waals surface area contributed by atoms with Crippen LogP contribution in [0.3, 0.4) is 0 Å². The highest BCUT2D eigenvalue weighted by Gasteiger charge is 2.34. The molecule has 0 atom stereocenters. The van der Waals surface area contributed by atoms with Crippen LogP contribution in [0.15, 0.2) is 58.5 Å². The van der Waals surface area contributed by atoms with Crippen molar-refractivity contribution in [2.24, 2.45) is 0 Å². The molecule has 1 heterocycles. The third-order valence-corrected chi connectivity index (χ3v) is 6.30. The molecule has 0 saturated heterocycles. The first kappa shape index (κ1) is 23.2. The van der Waals surface area contributed by atoms with Crippen LogP contribution in [0.2, 0.25) is 5.15 Å². The summed E-state index contributed by atoms with van der Waals surface area (Å²) in [6.45, 7) is 6.61. The fraction of sp³-hybridized carbons (Fsp3) is 0.250. The maximum atomic E-state index is 14.8. The summed E-state index contributed by atoms with van der Waals surface area (Å²) in [6.07, 6.45) is 1.49. The number of hydrogen-bond donors (Lipinski definition) is 1. The molecule has 0 saturated carbocycles. The Morgan fingerprint density at radius 3 is 2.39 bits per heavy atom. The number of carbonyl (C=O) groups excluding carboxylic acids is 1. The lowest BCUT2D eigenvalue weighted by molar-refractivity contribution is -0.00310. The third kappa shape index (κ3) is 5.63. The minimum absolute atomic E-state index is 0.101. The summed E-state index contributed by atoms with van der Waals surface area (Å²) in [5, 5.41) is 2.49. The summed E-state index contributed by atoms with van der Waals surface area (Å²) in [6, 6.07) is 12.1. The lowest BCUT2D eigenvalue weighted by Crippen LogP contribution is -2.35. The van der Waals surface area contributed by atoms with Gasteiger partial charge in [0.15, 0.2) is 0 Å². The molecule has 0 spiro atoms. The Labute approximate surface area is 190 Å². The molecule has 0 aliphatic carbocycles. The van der Waals surface area contributed by atoms with E-state index >= 15 is 0 Å². The van der Waals surface area contributed by atoms with Crippen molar-refractivity contribution in [1.29, 1.82) is 0 Å². The molecule has 162 valence electrons. The second kappa shape index (κ2) is 9.37. The molecule has 0 radical (unpaired) electrons. The molecule has 1 amide bonds. The fourth-order valence-corrected chi connectivity index (χ4v) is 4.45. The monoisotopic (exact) mass is 460 g/mol. The molecular weight excluding hydrogens is 438 g/mol. The highest BCUT2D eigenvalue weighted by atomic mass is 35.5. The molecule has 0 aliphatic rings. The average molecular weight is 461 g/mol. The molecule has 0 aliphatic heterocycles. The highest BCUT2D eigenvalue weighted by Crippen LogP contribution is 2.34. The molecule has 3 nitrogen and oxygen atoms in total. The van der Waals surface area contributed by atoms with E-state index in [1.54, 1.807) is 19.1 Å². The van der Waals surface area contributed by atoms with Crippen molar-refractivity contribution in [3.63, 3.8) is 0 Å². The van der Waals surface area contributed by atoms with Gasteiger partial charge in [-0.3, -0.25) is 4.79 Å². The van der Waals surface area contributed by atoms with E-state index in [-0.39, 0.29) is 16.3 Å². The Hall–Kier alpha value is -2.44. The fourth-order valence-electron chi connectivity index (χ4n) is 3.22. The highest BCUT2D eigenvalue weighted by molar-refractivity contribution is 7.99. The van der Waals surface area contributed by atoms with Crippen LogP contribution in [0, 0.1) is 27.7 Å². The normalized spacial score (nSPS) is 11.5. The van der Waals surface area contributed by atoms with Crippen LogP contribution in [-0.4, -0.2) is 17.4 Å². The number of amides is 1. The summed E-state index contributed by atoms with van der Waals surface area (Å²) >= 11 is 7.35. The number of aromatic nitrogens is 1. The zero-order chi connectivity index (χ0) is 22.8. The molecular formula is C24H23ClF2N2OS. The number of hydrogen-bond acceptors (Lipinski definition) is 3. The first-order valence-corrected chi connectivity index (χ1v) is 10.9. The van der Waals surface area contributed by atoms with Crippen molar-refractivity contribution in [2.75, 3.05) is 6.54 Å². The summed E-state index contributed by atoms with van der Waals surface area (Å²) < 4.78 is 29.6. The minimum atomic E-state index is -3.20. The van der Waals surface area contributed by atoms with E-state index < -0.39 is 18.4 Å². The smallest absolute Gasteiger partial charge is 0.290 e. The third-order valence-electron chi connectivity index (χ3n) is 4.89. The number of nitrogens with zero attached hydrogens (tertiary/aromatic N) is 1. The largest absolute Gasteiger partial charge is 0.346 e. The number of alkyl halides is 2. The zero-order valence-electron chi connectivity index (χ0n) is 17.7. The number of aryl methyl sites for hydroxylation is 4. The van der Waals surface area contributed by atoms with Crippen molar-refractivity contribution >= 4 is 29.3 Å². The summed E-state index contributed by atoms with van der Waals surface area (Å²) in [5.74, 6) is -3.83. The zero-order valence-corrected chi connectivity index (χ0v) is 19.3. The second-order valence-corrected chi connectivity index (χ2v) is 9.05. The van der Waals surface area contributed by atoms with Gasteiger partial charge in [-0.05, 0) is 56.5 Å². The van der Waals surface area contributed by atoms with Gasteiger partial charge in [0.2, 0.25) is 0 Å². The van der Waals surface area contributed by atoms with Crippen LogP contribution >= 0.6 is 23.4 Å². The molecule has 3 rings (SSSR count).